The van der Waals surface area contributed by atoms with Crippen LogP contribution in [0.1, 0.15) is 30.8 Å². The van der Waals surface area contributed by atoms with E-state index >= 15 is 0 Å². The number of aliphatic hydroxyl groups excluding tert-OH is 1. The van der Waals surface area contributed by atoms with Gasteiger partial charge in [-0.1, -0.05) is 13.8 Å². The van der Waals surface area contributed by atoms with Gasteiger partial charge >= 0.3 is 0 Å². The van der Waals surface area contributed by atoms with Gasteiger partial charge < -0.3 is 16.2 Å². The molecule has 0 radical (unpaired) electrons. The van der Waals surface area contributed by atoms with Crippen molar-refractivity contribution in [3.8, 4) is 0 Å². The number of rotatable bonds is 5. The minimum Gasteiger partial charge on any atom is -0.397 e. The van der Waals surface area contributed by atoms with E-state index in [1.807, 2.05) is 13.8 Å². The van der Waals surface area contributed by atoms with E-state index in [9.17, 15) is 4.79 Å². The molecule has 1 amide bonds. The van der Waals surface area contributed by atoms with Crippen molar-refractivity contribution in [2.75, 3.05) is 18.9 Å². The summed E-state index contributed by atoms with van der Waals surface area (Å²) in [5.41, 5.74) is 6.12. The second kappa shape index (κ2) is 5.63. The maximum atomic E-state index is 11.8. The van der Waals surface area contributed by atoms with Gasteiger partial charge in [-0.05, 0) is 24.0 Å². The molecule has 0 aliphatic heterocycles. The monoisotopic (exact) mass is 237 g/mol. The van der Waals surface area contributed by atoms with E-state index in [1.165, 1.54) is 6.20 Å². The molecule has 0 bridgehead atoms. The third-order valence-corrected chi connectivity index (χ3v) is 2.57. The summed E-state index contributed by atoms with van der Waals surface area (Å²) in [5.74, 6) is -0.283. The first kappa shape index (κ1) is 13.4. The van der Waals surface area contributed by atoms with Crippen LogP contribution in [0.25, 0.3) is 0 Å². The standard InChI is InChI=1S/C12H19N3O2/c1-12(2,5-7-16)8-15-11(17)10-9(13)4-3-6-14-10/h3-4,6,16H,5,7-8,13H2,1-2H3,(H,15,17). The Morgan fingerprint density at radius 2 is 2.29 bits per heavy atom. The second-order valence-electron chi connectivity index (χ2n) is 4.76. The van der Waals surface area contributed by atoms with Gasteiger partial charge in [-0.3, -0.25) is 4.79 Å². The first-order valence-corrected chi connectivity index (χ1v) is 5.56. The van der Waals surface area contributed by atoms with E-state index in [2.05, 4.69) is 10.3 Å². The Balaban J connectivity index is 2.59. The highest BCUT2D eigenvalue weighted by atomic mass is 16.3. The molecule has 0 atom stereocenters. The van der Waals surface area contributed by atoms with Crippen LogP contribution in [0.5, 0.6) is 0 Å². The summed E-state index contributed by atoms with van der Waals surface area (Å²) in [4.78, 5) is 15.7. The number of hydrogen-bond donors (Lipinski definition) is 3. The molecule has 5 nitrogen and oxygen atoms in total. The first-order valence-electron chi connectivity index (χ1n) is 5.56. The Kier molecular flexibility index (Phi) is 4.45. The number of nitrogens with zero attached hydrogens (tertiary/aromatic N) is 1. The fourth-order valence-corrected chi connectivity index (χ4v) is 1.40. The van der Waals surface area contributed by atoms with E-state index in [-0.39, 0.29) is 23.6 Å². The number of hydrogen-bond acceptors (Lipinski definition) is 4. The molecule has 0 saturated heterocycles. The Morgan fingerprint density at radius 1 is 1.59 bits per heavy atom. The highest BCUT2D eigenvalue weighted by Gasteiger charge is 2.19. The molecule has 0 aliphatic rings. The van der Waals surface area contributed by atoms with E-state index in [4.69, 9.17) is 10.8 Å². The van der Waals surface area contributed by atoms with Crippen molar-refractivity contribution in [1.82, 2.24) is 10.3 Å². The highest BCUT2D eigenvalue weighted by molar-refractivity contribution is 5.96. The molecule has 0 aliphatic carbocycles. The van der Waals surface area contributed by atoms with Crippen molar-refractivity contribution < 1.29 is 9.90 Å². The van der Waals surface area contributed by atoms with Crippen LogP contribution < -0.4 is 11.1 Å². The number of carbonyl (C=O) groups excluding carboxylic acids is 1. The maximum absolute atomic E-state index is 11.8. The molecular formula is C12H19N3O2. The molecule has 4 N–H and O–H groups in total. The van der Waals surface area contributed by atoms with Gasteiger partial charge in [0, 0.05) is 19.3 Å². The number of carbonyl (C=O) groups is 1. The normalized spacial score (nSPS) is 11.2. The molecule has 0 spiro atoms. The number of aliphatic hydroxyl groups is 1. The van der Waals surface area contributed by atoms with Gasteiger partial charge in [0.25, 0.3) is 5.91 Å². The number of nitrogens with two attached hydrogens (primary N) is 1. The first-order chi connectivity index (χ1) is 7.96. The fourth-order valence-electron chi connectivity index (χ4n) is 1.40. The van der Waals surface area contributed by atoms with Crippen molar-refractivity contribution in [2.45, 2.75) is 20.3 Å². The highest BCUT2D eigenvalue weighted by Crippen LogP contribution is 2.18. The Morgan fingerprint density at radius 3 is 2.88 bits per heavy atom. The van der Waals surface area contributed by atoms with Gasteiger partial charge in [-0.25, -0.2) is 4.98 Å². The van der Waals surface area contributed by atoms with Crippen molar-refractivity contribution in [1.29, 1.82) is 0 Å². The lowest BCUT2D eigenvalue weighted by Gasteiger charge is -2.23. The zero-order valence-electron chi connectivity index (χ0n) is 10.2. The van der Waals surface area contributed by atoms with Crippen molar-refractivity contribution >= 4 is 11.6 Å². The Hall–Kier alpha value is -1.62. The third kappa shape index (κ3) is 4.03. The molecule has 0 fully saturated rings. The van der Waals surface area contributed by atoms with Crippen LogP contribution in [-0.4, -0.2) is 29.1 Å². The van der Waals surface area contributed by atoms with Crippen LogP contribution in [0.4, 0.5) is 5.69 Å². The summed E-state index contributed by atoms with van der Waals surface area (Å²) < 4.78 is 0. The predicted octanol–water partition coefficient (Wildman–Crippen LogP) is 0.802. The number of pyridine rings is 1. The van der Waals surface area contributed by atoms with Gasteiger partial charge in [0.15, 0.2) is 5.69 Å². The summed E-state index contributed by atoms with van der Waals surface area (Å²) in [6.07, 6.45) is 2.16. The van der Waals surface area contributed by atoms with Crippen molar-refractivity contribution in [3.05, 3.63) is 24.0 Å². The molecule has 1 aromatic rings. The van der Waals surface area contributed by atoms with Gasteiger partial charge in [-0.15, -0.1) is 0 Å². The minimum atomic E-state index is -0.283. The Labute approximate surface area is 101 Å². The summed E-state index contributed by atoms with van der Waals surface area (Å²) in [7, 11) is 0. The zero-order chi connectivity index (χ0) is 12.9. The topological polar surface area (TPSA) is 88.2 Å². The van der Waals surface area contributed by atoms with E-state index in [0.717, 1.165) is 0 Å². The summed E-state index contributed by atoms with van der Waals surface area (Å²) in [5, 5.41) is 11.7. The van der Waals surface area contributed by atoms with E-state index in [0.29, 0.717) is 18.7 Å². The molecule has 0 unspecified atom stereocenters. The number of anilines is 1. The molecule has 0 aromatic carbocycles. The van der Waals surface area contributed by atoms with Gasteiger partial charge in [0.2, 0.25) is 0 Å². The lowest BCUT2D eigenvalue weighted by Crippen LogP contribution is -2.35. The third-order valence-electron chi connectivity index (χ3n) is 2.57. The quantitative estimate of drug-likeness (QED) is 0.707. The molecule has 5 heteroatoms. The molecule has 1 rings (SSSR count). The average Bonchev–Trinajstić information content (AvgIpc) is 2.27. The average molecular weight is 237 g/mol. The fraction of sp³-hybridized carbons (Fsp3) is 0.500. The SMILES string of the molecule is CC(C)(CCO)CNC(=O)c1ncccc1N. The lowest BCUT2D eigenvalue weighted by molar-refractivity contribution is 0.0924. The summed E-state index contributed by atoms with van der Waals surface area (Å²) >= 11 is 0. The second-order valence-corrected chi connectivity index (χ2v) is 4.76. The summed E-state index contributed by atoms with van der Waals surface area (Å²) in [6, 6.07) is 3.32. The van der Waals surface area contributed by atoms with Crippen LogP contribution in [0.2, 0.25) is 0 Å². The molecular weight excluding hydrogens is 218 g/mol. The zero-order valence-corrected chi connectivity index (χ0v) is 10.2. The van der Waals surface area contributed by atoms with Gasteiger partial charge in [0.05, 0.1) is 5.69 Å². The number of amides is 1. The van der Waals surface area contributed by atoms with E-state index < -0.39 is 0 Å². The molecule has 17 heavy (non-hydrogen) atoms. The van der Waals surface area contributed by atoms with Crippen LogP contribution >= 0.6 is 0 Å². The lowest BCUT2D eigenvalue weighted by atomic mass is 9.90. The molecule has 1 heterocycles. The Bertz CT molecular complexity index is 391. The minimum absolute atomic E-state index is 0.106. The van der Waals surface area contributed by atoms with Gasteiger partial charge in [0.1, 0.15) is 0 Å². The molecule has 0 saturated carbocycles. The molecule has 1 aromatic heterocycles. The van der Waals surface area contributed by atoms with Gasteiger partial charge in [-0.2, -0.15) is 0 Å². The van der Waals surface area contributed by atoms with E-state index in [1.54, 1.807) is 12.1 Å². The largest absolute Gasteiger partial charge is 0.397 e. The number of nitrogens with one attached hydrogen (secondary N) is 1. The summed E-state index contributed by atoms with van der Waals surface area (Å²) in [6.45, 7) is 4.54. The number of nitrogen functional groups attached to an aromatic ring is 1. The van der Waals surface area contributed by atoms with Crippen LogP contribution in [-0.2, 0) is 0 Å². The maximum Gasteiger partial charge on any atom is 0.272 e. The van der Waals surface area contributed by atoms with Crippen molar-refractivity contribution in [3.63, 3.8) is 0 Å². The van der Waals surface area contributed by atoms with Crippen molar-refractivity contribution in [2.24, 2.45) is 5.41 Å². The number of aromatic nitrogens is 1. The van der Waals surface area contributed by atoms with Crippen LogP contribution in [0.15, 0.2) is 18.3 Å². The van der Waals surface area contributed by atoms with Crippen LogP contribution in [0, 0.1) is 5.41 Å². The predicted molar refractivity (Wildman–Crippen MR) is 66.5 cm³/mol. The molecule has 94 valence electrons. The smallest absolute Gasteiger partial charge is 0.272 e. The van der Waals surface area contributed by atoms with Crippen LogP contribution in [0.3, 0.4) is 0 Å².